The minimum atomic E-state index is -0.991. The maximum Gasteiger partial charge on any atom is 0.161 e. The number of halogens is 1. The monoisotopic (exact) mass is 308 g/mol. The highest BCUT2D eigenvalue weighted by atomic mass is 19.1. The van der Waals surface area contributed by atoms with E-state index < -0.39 is 6.17 Å². The van der Waals surface area contributed by atoms with Crippen LogP contribution in [0.4, 0.5) is 4.39 Å². The van der Waals surface area contributed by atoms with Gasteiger partial charge in [0, 0.05) is 39.1 Å². The first kappa shape index (κ1) is 15.6. The Balaban J connectivity index is 1.77. The maximum absolute atomic E-state index is 14.0. The number of benzene rings is 1. The topological polar surface area (TPSA) is 33.7 Å². The summed E-state index contributed by atoms with van der Waals surface area (Å²) in [6.07, 6.45) is 0.723. The fourth-order valence-electron chi connectivity index (χ4n) is 3.07. The van der Waals surface area contributed by atoms with Crippen molar-refractivity contribution in [3.05, 3.63) is 23.3 Å². The lowest BCUT2D eigenvalue weighted by Crippen LogP contribution is -2.44. The summed E-state index contributed by atoms with van der Waals surface area (Å²) in [5.74, 6) is 1.44. The normalized spacial score (nSPS) is 20.5. The van der Waals surface area contributed by atoms with Crippen LogP contribution in [0.2, 0.25) is 0 Å². The van der Waals surface area contributed by atoms with Crippen molar-refractivity contribution >= 4 is 0 Å². The molecule has 0 amide bonds. The maximum atomic E-state index is 14.0. The standard InChI is InChI=1S/C17H25FN2O2/c1-13(18)15-12-17-16(21-9-2-10-22-17)11-14(15)3-6-20-7-4-19-5-8-20/h11-13,19H,2-10H2,1H3. The Labute approximate surface area is 131 Å². The molecule has 1 unspecified atom stereocenters. The van der Waals surface area contributed by atoms with Crippen LogP contribution in [0.3, 0.4) is 0 Å². The molecule has 0 radical (unpaired) electrons. The Morgan fingerprint density at radius 1 is 1.18 bits per heavy atom. The van der Waals surface area contributed by atoms with Crippen molar-refractivity contribution in [3.8, 4) is 11.5 Å². The zero-order chi connectivity index (χ0) is 15.4. The molecule has 4 nitrogen and oxygen atoms in total. The fraction of sp³-hybridized carbons (Fsp3) is 0.647. The van der Waals surface area contributed by atoms with Crippen LogP contribution in [-0.2, 0) is 6.42 Å². The zero-order valence-corrected chi connectivity index (χ0v) is 13.2. The Bertz CT molecular complexity index is 502. The Morgan fingerprint density at radius 2 is 1.86 bits per heavy atom. The molecule has 1 fully saturated rings. The zero-order valence-electron chi connectivity index (χ0n) is 13.2. The fourth-order valence-corrected chi connectivity index (χ4v) is 3.07. The van der Waals surface area contributed by atoms with Crippen LogP contribution in [0.15, 0.2) is 12.1 Å². The second-order valence-corrected chi connectivity index (χ2v) is 6.01. The summed E-state index contributed by atoms with van der Waals surface area (Å²) < 4.78 is 25.4. The molecule has 5 heteroatoms. The van der Waals surface area contributed by atoms with Crippen molar-refractivity contribution in [3.63, 3.8) is 0 Å². The molecule has 2 aliphatic heterocycles. The Kier molecular flexibility index (Phi) is 5.16. The number of rotatable bonds is 4. The van der Waals surface area contributed by atoms with Gasteiger partial charge in [-0.1, -0.05) is 0 Å². The van der Waals surface area contributed by atoms with Crippen LogP contribution in [0.1, 0.15) is 30.6 Å². The number of nitrogens with zero attached hydrogens (tertiary/aromatic N) is 1. The van der Waals surface area contributed by atoms with Crippen molar-refractivity contribution in [2.75, 3.05) is 45.9 Å². The van der Waals surface area contributed by atoms with E-state index in [0.29, 0.717) is 19.0 Å². The van der Waals surface area contributed by atoms with Gasteiger partial charge in [0.2, 0.25) is 0 Å². The van der Waals surface area contributed by atoms with Crippen LogP contribution >= 0.6 is 0 Å². The van der Waals surface area contributed by atoms with Gasteiger partial charge in [-0.15, -0.1) is 0 Å². The van der Waals surface area contributed by atoms with E-state index in [1.54, 1.807) is 6.92 Å². The number of fused-ring (bicyclic) bond motifs is 1. The number of nitrogens with one attached hydrogen (secondary N) is 1. The van der Waals surface area contributed by atoms with Gasteiger partial charge in [-0.3, -0.25) is 0 Å². The molecule has 0 aliphatic carbocycles. The molecule has 0 bridgehead atoms. The third kappa shape index (κ3) is 3.70. The molecule has 2 aliphatic rings. The molecular formula is C17H25FN2O2. The molecule has 22 heavy (non-hydrogen) atoms. The van der Waals surface area contributed by atoms with Crippen molar-refractivity contribution in [1.29, 1.82) is 0 Å². The predicted octanol–water partition coefficient (Wildman–Crippen LogP) is 2.33. The lowest BCUT2D eigenvalue weighted by atomic mass is 10.00. The molecule has 1 N–H and O–H groups in total. The summed E-state index contributed by atoms with van der Waals surface area (Å²) in [6.45, 7) is 8.04. The number of hydrogen-bond acceptors (Lipinski definition) is 4. The van der Waals surface area contributed by atoms with Gasteiger partial charge in [0.1, 0.15) is 6.17 Å². The second kappa shape index (κ2) is 7.29. The SMILES string of the molecule is CC(F)c1cc2c(cc1CCN1CCNCC1)OCCCO2. The highest BCUT2D eigenvalue weighted by Crippen LogP contribution is 2.36. The van der Waals surface area contributed by atoms with Gasteiger partial charge in [0.15, 0.2) is 11.5 Å². The van der Waals surface area contributed by atoms with Crippen LogP contribution in [0.5, 0.6) is 11.5 Å². The molecular weight excluding hydrogens is 283 g/mol. The molecule has 0 saturated carbocycles. The highest BCUT2D eigenvalue weighted by Gasteiger charge is 2.19. The molecule has 3 rings (SSSR count). The van der Waals surface area contributed by atoms with Crippen molar-refractivity contribution in [1.82, 2.24) is 10.2 Å². The first-order chi connectivity index (χ1) is 10.7. The first-order valence-corrected chi connectivity index (χ1v) is 8.23. The van der Waals surface area contributed by atoms with Gasteiger partial charge in [0.05, 0.1) is 13.2 Å². The van der Waals surface area contributed by atoms with Gasteiger partial charge in [-0.2, -0.15) is 0 Å². The van der Waals surface area contributed by atoms with Crippen molar-refractivity contribution in [2.45, 2.75) is 25.9 Å². The summed E-state index contributed by atoms with van der Waals surface area (Å²) in [5.41, 5.74) is 1.78. The Morgan fingerprint density at radius 3 is 2.55 bits per heavy atom. The number of ether oxygens (including phenoxy) is 2. The van der Waals surface area contributed by atoms with E-state index in [4.69, 9.17) is 9.47 Å². The third-order valence-corrected chi connectivity index (χ3v) is 4.34. The first-order valence-electron chi connectivity index (χ1n) is 8.23. The van der Waals surface area contributed by atoms with Crippen LogP contribution in [0, 0.1) is 0 Å². The smallest absolute Gasteiger partial charge is 0.161 e. The minimum Gasteiger partial charge on any atom is -0.490 e. The molecule has 122 valence electrons. The quantitative estimate of drug-likeness (QED) is 0.925. The number of alkyl halides is 1. The summed E-state index contributed by atoms with van der Waals surface area (Å²) in [7, 11) is 0. The van der Waals surface area contributed by atoms with E-state index >= 15 is 0 Å². The van der Waals surface area contributed by atoms with Crippen molar-refractivity contribution in [2.24, 2.45) is 0 Å². The number of piperazine rings is 1. The molecule has 1 saturated heterocycles. The van der Waals surface area contributed by atoms with E-state index in [1.165, 1.54) is 0 Å². The lowest BCUT2D eigenvalue weighted by molar-refractivity contribution is 0.243. The van der Waals surface area contributed by atoms with Gasteiger partial charge in [-0.25, -0.2) is 4.39 Å². The van der Waals surface area contributed by atoms with Gasteiger partial charge in [0.25, 0.3) is 0 Å². The minimum absolute atomic E-state index is 0.632. The summed E-state index contributed by atoms with van der Waals surface area (Å²) in [6, 6.07) is 3.81. The average molecular weight is 308 g/mol. The van der Waals surface area contributed by atoms with Gasteiger partial charge < -0.3 is 19.7 Å². The second-order valence-electron chi connectivity index (χ2n) is 6.01. The highest BCUT2D eigenvalue weighted by molar-refractivity contribution is 5.48. The predicted molar refractivity (Wildman–Crippen MR) is 84.6 cm³/mol. The van der Waals surface area contributed by atoms with E-state index in [-0.39, 0.29) is 0 Å². The molecule has 1 atom stereocenters. The van der Waals surface area contributed by atoms with Crippen LogP contribution in [-0.4, -0.2) is 50.8 Å². The molecule has 0 spiro atoms. The van der Waals surface area contributed by atoms with E-state index in [9.17, 15) is 4.39 Å². The third-order valence-electron chi connectivity index (χ3n) is 4.34. The molecule has 2 heterocycles. The largest absolute Gasteiger partial charge is 0.490 e. The summed E-state index contributed by atoms with van der Waals surface area (Å²) in [4.78, 5) is 2.42. The summed E-state index contributed by atoms with van der Waals surface area (Å²) in [5, 5.41) is 3.35. The summed E-state index contributed by atoms with van der Waals surface area (Å²) >= 11 is 0. The van der Waals surface area contributed by atoms with Crippen molar-refractivity contribution < 1.29 is 13.9 Å². The van der Waals surface area contributed by atoms with E-state index in [0.717, 1.165) is 62.4 Å². The molecule has 1 aromatic rings. The lowest BCUT2D eigenvalue weighted by Gasteiger charge is -2.27. The van der Waals surface area contributed by atoms with E-state index in [1.807, 2.05) is 12.1 Å². The van der Waals surface area contributed by atoms with Gasteiger partial charge in [-0.05, 0) is 36.6 Å². The Hall–Kier alpha value is -1.33. The van der Waals surface area contributed by atoms with Crippen LogP contribution in [0.25, 0.3) is 0 Å². The molecule has 1 aromatic carbocycles. The molecule has 0 aromatic heterocycles. The van der Waals surface area contributed by atoms with Gasteiger partial charge >= 0.3 is 0 Å². The average Bonchev–Trinajstić information content (AvgIpc) is 2.77. The van der Waals surface area contributed by atoms with E-state index in [2.05, 4.69) is 10.2 Å². The number of hydrogen-bond donors (Lipinski definition) is 1. The van der Waals surface area contributed by atoms with Crippen LogP contribution < -0.4 is 14.8 Å².